The van der Waals surface area contributed by atoms with Gasteiger partial charge in [0, 0.05) is 24.0 Å². The summed E-state index contributed by atoms with van der Waals surface area (Å²) in [6.07, 6.45) is 3.16. The molecule has 0 radical (unpaired) electrons. The van der Waals surface area contributed by atoms with E-state index in [0.717, 1.165) is 0 Å². The zero-order valence-corrected chi connectivity index (χ0v) is 10.0. The number of rotatable bonds is 3. The van der Waals surface area contributed by atoms with E-state index < -0.39 is 11.8 Å². The number of hydrogen-bond acceptors (Lipinski definition) is 4. The minimum atomic E-state index is -1.20. The summed E-state index contributed by atoms with van der Waals surface area (Å²) in [6, 6.07) is 7.30. The van der Waals surface area contributed by atoms with Crippen LogP contribution < -0.4 is 0 Å². The van der Waals surface area contributed by atoms with Crippen molar-refractivity contribution in [1.82, 2.24) is 14.9 Å². The van der Waals surface area contributed by atoms with Gasteiger partial charge in [-0.05, 0) is 24.3 Å². The molecule has 2 heterocycles. The Morgan fingerprint density at radius 3 is 2.80 bits per heavy atom. The summed E-state index contributed by atoms with van der Waals surface area (Å²) < 4.78 is 20.3. The second kappa shape index (κ2) is 4.61. The van der Waals surface area contributed by atoms with Gasteiger partial charge in [0.05, 0.1) is 0 Å². The second-order valence-corrected chi connectivity index (χ2v) is 4.00. The predicted molar refractivity (Wildman–Crippen MR) is 66.0 cm³/mol. The number of aromatic nitrogens is 3. The average molecular weight is 273 g/mol. The Morgan fingerprint density at radius 1 is 1.35 bits per heavy atom. The molecule has 3 aromatic rings. The molecule has 0 saturated carbocycles. The van der Waals surface area contributed by atoms with E-state index in [1.54, 1.807) is 24.5 Å². The van der Waals surface area contributed by atoms with Gasteiger partial charge in [-0.1, -0.05) is 5.16 Å². The summed E-state index contributed by atoms with van der Waals surface area (Å²) in [4.78, 5) is 10.7. The zero-order valence-electron chi connectivity index (χ0n) is 10.0. The minimum absolute atomic E-state index is 0.188. The normalized spacial score (nSPS) is 10.7. The second-order valence-electron chi connectivity index (χ2n) is 4.00. The summed E-state index contributed by atoms with van der Waals surface area (Å²) in [6.45, 7) is 0. The molecule has 7 heteroatoms. The molecule has 0 amide bonds. The average Bonchev–Trinajstić information content (AvgIpc) is 3.10. The van der Waals surface area contributed by atoms with Gasteiger partial charge in [0.25, 0.3) is 0 Å². The van der Waals surface area contributed by atoms with Crippen molar-refractivity contribution in [3.63, 3.8) is 0 Å². The number of nitrogens with zero attached hydrogens (tertiary/aromatic N) is 3. The Morgan fingerprint density at radius 2 is 2.20 bits per heavy atom. The number of carboxylic acid groups (broad SMARTS) is 1. The molecule has 20 heavy (non-hydrogen) atoms. The first-order valence-electron chi connectivity index (χ1n) is 5.65. The van der Waals surface area contributed by atoms with Crippen LogP contribution in [0.4, 0.5) is 4.39 Å². The molecule has 0 unspecified atom stereocenters. The van der Waals surface area contributed by atoms with Gasteiger partial charge in [-0.15, -0.1) is 0 Å². The van der Waals surface area contributed by atoms with E-state index in [2.05, 4.69) is 10.3 Å². The molecule has 0 saturated heterocycles. The van der Waals surface area contributed by atoms with Gasteiger partial charge in [0.2, 0.25) is 0 Å². The van der Waals surface area contributed by atoms with Crippen LogP contribution in [0.25, 0.3) is 17.0 Å². The Bertz CT molecular complexity index is 765. The van der Waals surface area contributed by atoms with Gasteiger partial charge in [-0.3, -0.25) is 0 Å². The Hall–Kier alpha value is -2.96. The van der Waals surface area contributed by atoms with Crippen LogP contribution in [0.15, 0.2) is 47.2 Å². The SMILES string of the molecule is O=C(O)c1cc(-c2ccc(-n3cccn3)c(F)c2)on1. The van der Waals surface area contributed by atoms with Gasteiger partial charge < -0.3 is 9.63 Å². The van der Waals surface area contributed by atoms with Crippen LogP contribution in [0, 0.1) is 5.82 Å². The number of aromatic carboxylic acids is 1. The van der Waals surface area contributed by atoms with E-state index in [0.29, 0.717) is 5.56 Å². The third kappa shape index (κ3) is 2.05. The van der Waals surface area contributed by atoms with E-state index in [1.165, 1.54) is 22.9 Å². The first kappa shape index (κ1) is 12.1. The molecule has 0 aliphatic rings. The van der Waals surface area contributed by atoms with Gasteiger partial charge in [-0.2, -0.15) is 5.10 Å². The lowest BCUT2D eigenvalue weighted by Gasteiger charge is -2.04. The van der Waals surface area contributed by atoms with Crippen molar-refractivity contribution in [1.29, 1.82) is 0 Å². The number of carboxylic acids is 1. The van der Waals surface area contributed by atoms with Crippen molar-refractivity contribution in [3.05, 3.63) is 54.2 Å². The quantitative estimate of drug-likeness (QED) is 0.792. The molecule has 0 aliphatic carbocycles. The van der Waals surface area contributed by atoms with Crippen LogP contribution >= 0.6 is 0 Å². The molecule has 100 valence electrons. The summed E-state index contributed by atoms with van der Waals surface area (Å²) in [5.41, 5.74) is 0.465. The van der Waals surface area contributed by atoms with Crippen molar-refractivity contribution in [2.24, 2.45) is 0 Å². The summed E-state index contributed by atoms with van der Waals surface area (Å²) in [5.74, 6) is -1.51. The maximum absolute atomic E-state index is 14.0. The number of carbonyl (C=O) groups is 1. The van der Waals surface area contributed by atoms with Crippen LogP contribution in [0.1, 0.15) is 10.5 Å². The van der Waals surface area contributed by atoms with Crippen LogP contribution in [0.3, 0.4) is 0 Å². The molecule has 0 fully saturated rings. The van der Waals surface area contributed by atoms with Crippen molar-refractivity contribution in [3.8, 4) is 17.0 Å². The first-order chi connectivity index (χ1) is 9.65. The van der Waals surface area contributed by atoms with Gasteiger partial charge in [0.15, 0.2) is 11.5 Å². The fraction of sp³-hybridized carbons (Fsp3) is 0. The molecular formula is C13H8FN3O3. The minimum Gasteiger partial charge on any atom is -0.476 e. The number of hydrogen-bond donors (Lipinski definition) is 1. The molecule has 1 N–H and O–H groups in total. The van der Waals surface area contributed by atoms with E-state index in [-0.39, 0.29) is 17.1 Å². The molecule has 2 aromatic heterocycles. The van der Waals surface area contributed by atoms with E-state index >= 15 is 0 Å². The topological polar surface area (TPSA) is 81.1 Å². The fourth-order valence-electron chi connectivity index (χ4n) is 1.77. The molecular weight excluding hydrogens is 265 g/mol. The van der Waals surface area contributed by atoms with Gasteiger partial charge >= 0.3 is 5.97 Å². The maximum Gasteiger partial charge on any atom is 0.358 e. The highest BCUT2D eigenvalue weighted by Gasteiger charge is 2.14. The van der Waals surface area contributed by atoms with Crippen molar-refractivity contribution in [2.75, 3.05) is 0 Å². The van der Waals surface area contributed by atoms with E-state index in [1.807, 2.05) is 0 Å². The summed E-state index contributed by atoms with van der Waals surface area (Å²) in [5, 5.41) is 16.1. The molecule has 0 aliphatic heterocycles. The first-order valence-corrected chi connectivity index (χ1v) is 5.65. The fourth-order valence-corrected chi connectivity index (χ4v) is 1.77. The standard InChI is InChI=1S/C13H8FN3O3/c14-9-6-8(12-7-10(13(18)19)16-20-12)2-3-11(9)17-5-1-4-15-17/h1-7H,(H,18,19). The van der Waals surface area contributed by atoms with Gasteiger partial charge in [-0.25, -0.2) is 13.9 Å². The maximum atomic E-state index is 14.0. The van der Waals surface area contributed by atoms with Crippen LogP contribution in [0.2, 0.25) is 0 Å². The lowest BCUT2D eigenvalue weighted by atomic mass is 10.1. The highest BCUT2D eigenvalue weighted by Crippen LogP contribution is 2.24. The third-order valence-corrected chi connectivity index (χ3v) is 2.71. The molecule has 0 spiro atoms. The molecule has 3 rings (SSSR count). The molecule has 0 bridgehead atoms. The predicted octanol–water partition coefficient (Wildman–Crippen LogP) is 2.36. The Kier molecular flexibility index (Phi) is 2.79. The summed E-state index contributed by atoms with van der Waals surface area (Å²) >= 11 is 0. The van der Waals surface area contributed by atoms with Crippen molar-refractivity contribution >= 4 is 5.97 Å². The Balaban J connectivity index is 1.99. The highest BCUT2D eigenvalue weighted by molar-refractivity contribution is 5.86. The summed E-state index contributed by atoms with van der Waals surface area (Å²) in [7, 11) is 0. The van der Waals surface area contributed by atoms with Crippen molar-refractivity contribution < 1.29 is 18.8 Å². The van der Waals surface area contributed by atoms with E-state index in [4.69, 9.17) is 9.63 Å². The highest BCUT2D eigenvalue weighted by atomic mass is 19.1. The number of benzene rings is 1. The van der Waals surface area contributed by atoms with Gasteiger partial charge in [0.1, 0.15) is 11.5 Å². The molecule has 6 nitrogen and oxygen atoms in total. The zero-order chi connectivity index (χ0) is 14.1. The van der Waals surface area contributed by atoms with Crippen LogP contribution in [0.5, 0.6) is 0 Å². The smallest absolute Gasteiger partial charge is 0.358 e. The van der Waals surface area contributed by atoms with Crippen molar-refractivity contribution in [2.45, 2.75) is 0 Å². The van der Waals surface area contributed by atoms with E-state index in [9.17, 15) is 9.18 Å². The van der Waals surface area contributed by atoms with Crippen LogP contribution in [-0.2, 0) is 0 Å². The lowest BCUT2D eigenvalue weighted by Crippen LogP contribution is -1.98. The Labute approximate surface area is 112 Å². The van der Waals surface area contributed by atoms with Crippen LogP contribution in [-0.4, -0.2) is 26.0 Å². The largest absolute Gasteiger partial charge is 0.476 e. The number of halogens is 1. The lowest BCUT2D eigenvalue weighted by molar-refractivity contribution is 0.0686. The molecule has 1 aromatic carbocycles. The molecule has 0 atom stereocenters. The third-order valence-electron chi connectivity index (χ3n) is 2.71. The monoisotopic (exact) mass is 273 g/mol.